The molecular formula is C7H15NS2. The lowest BCUT2D eigenvalue weighted by Crippen LogP contribution is -2.44. The van der Waals surface area contributed by atoms with Gasteiger partial charge in [0, 0.05) is 24.6 Å². The van der Waals surface area contributed by atoms with Gasteiger partial charge in [0.25, 0.3) is 0 Å². The quantitative estimate of drug-likeness (QED) is 0.607. The largest absolute Gasteiger partial charge is 0.288 e. The van der Waals surface area contributed by atoms with Crippen LogP contribution in [-0.2, 0) is 0 Å². The van der Waals surface area contributed by atoms with Crippen LogP contribution in [0.5, 0.6) is 0 Å². The first-order valence-corrected chi connectivity index (χ1v) is 5.26. The zero-order chi connectivity index (χ0) is 7.61. The second-order valence-electron chi connectivity index (χ2n) is 3.09. The minimum absolute atomic E-state index is 0.0843. The van der Waals surface area contributed by atoms with E-state index in [1.54, 1.807) is 0 Å². The van der Waals surface area contributed by atoms with Crippen molar-refractivity contribution in [1.29, 1.82) is 0 Å². The molecule has 1 heterocycles. The zero-order valence-electron chi connectivity index (χ0n) is 6.63. The van der Waals surface area contributed by atoms with Crippen molar-refractivity contribution in [3.63, 3.8) is 0 Å². The Morgan fingerprint density at radius 3 is 2.10 bits per heavy atom. The minimum Gasteiger partial charge on any atom is -0.288 e. The van der Waals surface area contributed by atoms with E-state index in [1.807, 2.05) is 11.8 Å². The molecule has 0 N–H and O–H groups in total. The molecule has 0 aromatic rings. The van der Waals surface area contributed by atoms with Crippen LogP contribution < -0.4 is 0 Å². The molecule has 0 unspecified atom stereocenters. The predicted molar refractivity (Wildman–Crippen MR) is 52.0 cm³/mol. The van der Waals surface area contributed by atoms with Crippen LogP contribution >= 0.6 is 24.4 Å². The van der Waals surface area contributed by atoms with Gasteiger partial charge >= 0.3 is 0 Å². The van der Waals surface area contributed by atoms with Crippen molar-refractivity contribution in [2.45, 2.75) is 18.7 Å². The Morgan fingerprint density at radius 1 is 1.30 bits per heavy atom. The van der Waals surface area contributed by atoms with Gasteiger partial charge in [0.05, 0.1) is 4.87 Å². The summed E-state index contributed by atoms with van der Waals surface area (Å²) in [5, 5.41) is 0. The highest BCUT2D eigenvalue weighted by Crippen LogP contribution is 2.22. The van der Waals surface area contributed by atoms with Gasteiger partial charge in [0.2, 0.25) is 0 Å². The van der Waals surface area contributed by atoms with Crippen molar-refractivity contribution < 1.29 is 0 Å². The van der Waals surface area contributed by atoms with E-state index >= 15 is 0 Å². The third-order valence-corrected chi connectivity index (χ3v) is 3.01. The van der Waals surface area contributed by atoms with Crippen molar-refractivity contribution in [2.75, 3.05) is 24.6 Å². The molecule has 1 rings (SSSR count). The number of hydrogen-bond acceptors (Lipinski definition) is 3. The third kappa shape index (κ3) is 2.36. The molecule has 0 amide bonds. The molecule has 3 heteroatoms. The molecule has 1 nitrogen and oxygen atoms in total. The summed E-state index contributed by atoms with van der Waals surface area (Å²) in [6, 6.07) is 0. The Balaban J connectivity index is 2.39. The van der Waals surface area contributed by atoms with E-state index < -0.39 is 0 Å². The maximum absolute atomic E-state index is 4.51. The van der Waals surface area contributed by atoms with Crippen LogP contribution in [0.15, 0.2) is 0 Å². The topological polar surface area (TPSA) is 3.24 Å². The molecule has 60 valence electrons. The standard InChI is InChI=1S/C7H15NS2/c1-7(2,9)8-3-5-10-6-4-8/h9H,3-6H2,1-2H3. The van der Waals surface area contributed by atoms with Crippen LogP contribution in [-0.4, -0.2) is 34.4 Å². The summed E-state index contributed by atoms with van der Waals surface area (Å²) in [6.45, 7) is 6.71. The van der Waals surface area contributed by atoms with E-state index in [1.165, 1.54) is 24.6 Å². The molecule has 0 spiro atoms. The van der Waals surface area contributed by atoms with Crippen LogP contribution in [0.3, 0.4) is 0 Å². The van der Waals surface area contributed by atoms with Gasteiger partial charge in [-0.25, -0.2) is 0 Å². The Kier molecular flexibility index (Phi) is 2.95. The Morgan fingerprint density at radius 2 is 1.80 bits per heavy atom. The number of thioether (sulfide) groups is 1. The van der Waals surface area contributed by atoms with E-state index in [9.17, 15) is 0 Å². The fraction of sp³-hybridized carbons (Fsp3) is 1.00. The maximum atomic E-state index is 4.51. The van der Waals surface area contributed by atoms with Gasteiger partial charge in [0.15, 0.2) is 0 Å². The van der Waals surface area contributed by atoms with Crippen LogP contribution in [0.1, 0.15) is 13.8 Å². The van der Waals surface area contributed by atoms with E-state index in [0.717, 1.165) is 0 Å². The summed E-state index contributed by atoms with van der Waals surface area (Å²) in [5.41, 5.74) is 0. The number of rotatable bonds is 1. The van der Waals surface area contributed by atoms with Crippen LogP contribution in [0, 0.1) is 0 Å². The lowest BCUT2D eigenvalue weighted by molar-refractivity contribution is 0.219. The first-order valence-electron chi connectivity index (χ1n) is 3.66. The molecule has 1 aliphatic heterocycles. The monoisotopic (exact) mass is 177 g/mol. The van der Waals surface area contributed by atoms with Crippen molar-refractivity contribution in [2.24, 2.45) is 0 Å². The second-order valence-corrected chi connectivity index (χ2v) is 5.41. The van der Waals surface area contributed by atoms with Crippen molar-refractivity contribution >= 4 is 24.4 Å². The number of thiol groups is 1. The average molecular weight is 177 g/mol. The normalized spacial score (nSPS) is 23.1. The molecule has 0 bridgehead atoms. The fourth-order valence-electron chi connectivity index (χ4n) is 1.11. The highest BCUT2D eigenvalue weighted by Gasteiger charge is 2.23. The third-order valence-electron chi connectivity index (χ3n) is 1.78. The smallest absolute Gasteiger partial charge is 0.0584 e. The predicted octanol–water partition coefficient (Wildman–Crippen LogP) is 1.70. The molecule has 1 aliphatic rings. The van der Waals surface area contributed by atoms with Gasteiger partial charge in [-0.15, -0.1) is 0 Å². The molecule has 1 saturated heterocycles. The van der Waals surface area contributed by atoms with E-state index in [0.29, 0.717) is 0 Å². The van der Waals surface area contributed by atoms with Gasteiger partial charge in [-0.1, -0.05) is 0 Å². The van der Waals surface area contributed by atoms with Crippen LogP contribution in [0.25, 0.3) is 0 Å². The fourth-order valence-corrected chi connectivity index (χ4v) is 2.21. The Bertz CT molecular complexity index is 103. The van der Waals surface area contributed by atoms with Gasteiger partial charge in [-0.2, -0.15) is 24.4 Å². The molecule has 10 heavy (non-hydrogen) atoms. The van der Waals surface area contributed by atoms with Gasteiger partial charge in [-0.3, -0.25) is 4.90 Å². The van der Waals surface area contributed by atoms with Crippen molar-refractivity contribution in [3.8, 4) is 0 Å². The van der Waals surface area contributed by atoms with Crippen LogP contribution in [0.2, 0.25) is 0 Å². The summed E-state index contributed by atoms with van der Waals surface area (Å²) < 4.78 is 0. The zero-order valence-corrected chi connectivity index (χ0v) is 8.34. The Labute approximate surface area is 73.0 Å². The summed E-state index contributed by atoms with van der Waals surface area (Å²) in [5.74, 6) is 2.54. The van der Waals surface area contributed by atoms with Gasteiger partial charge < -0.3 is 0 Å². The molecule has 0 radical (unpaired) electrons. The lowest BCUT2D eigenvalue weighted by Gasteiger charge is -2.37. The van der Waals surface area contributed by atoms with Gasteiger partial charge in [0.1, 0.15) is 0 Å². The average Bonchev–Trinajstić information content (AvgIpc) is 1.88. The summed E-state index contributed by atoms with van der Waals surface area (Å²) in [7, 11) is 0. The Hall–Kier alpha value is 0.660. The van der Waals surface area contributed by atoms with E-state index in [2.05, 4.69) is 31.4 Å². The first kappa shape index (κ1) is 8.75. The molecular weight excluding hydrogens is 162 g/mol. The molecule has 0 atom stereocenters. The molecule has 1 fully saturated rings. The summed E-state index contributed by atoms with van der Waals surface area (Å²) in [6.07, 6.45) is 0. The van der Waals surface area contributed by atoms with Crippen molar-refractivity contribution in [1.82, 2.24) is 4.90 Å². The molecule has 0 aliphatic carbocycles. The lowest BCUT2D eigenvalue weighted by atomic mass is 10.3. The van der Waals surface area contributed by atoms with Gasteiger partial charge in [-0.05, 0) is 13.8 Å². The minimum atomic E-state index is 0.0843. The molecule has 0 saturated carbocycles. The number of nitrogens with zero attached hydrogens (tertiary/aromatic N) is 1. The highest BCUT2D eigenvalue weighted by atomic mass is 32.2. The maximum Gasteiger partial charge on any atom is 0.0584 e. The summed E-state index contributed by atoms with van der Waals surface area (Å²) >= 11 is 6.55. The first-order chi connectivity index (χ1) is 4.61. The van der Waals surface area contributed by atoms with E-state index in [-0.39, 0.29) is 4.87 Å². The van der Waals surface area contributed by atoms with Crippen molar-refractivity contribution in [3.05, 3.63) is 0 Å². The molecule has 0 aromatic heterocycles. The number of hydrogen-bond donors (Lipinski definition) is 1. The van der Waals surface area contributed by atoms with Crippen LogP contribution in [0.4, 0.5) is 0 Å². The SMILES string of the molecule is CC(C)(S)N1CCSCC1. The second kappa shape index (κ2) is 3.37. The summed E-state index contributed by atoms with van der Waals surface area (Å²) in [4.78, 5) is 2.51. The highest BCUT2D eigenvalue weighted by molar-refractivity contribution is 7.99. The van der Waals surface area contributed by atoms with E-state index in [4.69, 9.17) is 0 Å². The molecule has 0 aromatic carbocycles.